The third-order valence-corrected chi connectivity index (χ3v) is 4.05. The summed E-state index contributed by atoms with van der Waals surface area (Å²) in [5, 5.41) is 6.85. The van der Waals surface area contributed by atoms with Gasteiger partial charge < -0.3 is 9.84 Å². The Morgan fingerprint density at radius 1 is 1.20 bits per heavy atom. The number of nitrogens with one attached hydrogen (secondary N) is 1. The van der Waals surface area contributed by atoms with Gasteiger partial charge in [0.05, 0.1) is 17.0 Å². The minimum absolute atomic E-state index is 0.121. The third kappa shape index (κ3) is 4.09. The Morgan fingerprint density at radius 3 is 2.72 bits per heavy atom. The van der Waals surface area contributed by atoms with E-state index >= 15 is 0 Å². The van der Waals surface area contributed by atoms with E-state index in [1.54, 1.807) is 24.7 Å². The molecule has 0 radical (unpaired) electrons. The van der Waals surface area contributed by atoms with Crippen LogP contribution in [0.4, 0.5) is 0 Å². The highest BCUT2D eigenvalue weighted by molar-refractivity contribution is 5.94. The van der Waals surface area contributed by atoms with Gasteiger partial charge in [0.15, 0.2) is 0 Å². The molecular formula is C19H20N4O2. The zero-order valence-electron chi connectivity index (χ0n) is 14.3. The van der Waals surface area contributed by atoms with Gasteiger partial charge in [-0.1, -0.05) is 5.16 Å². The van der Waals surface area contributed by atoms with Crippen LogP contribution < -0.4 is 5.32 Å². The Bertz CT molecular complexity index is 822. The van der Waals surface area contributed by atoms with Crippen molar-refractivity contribution >= 4 is 5.91 Å². The normalized spacial score (nSPS) is 10.6. The van der Waals surface area contributed by atoms with Gasteiger partial charge in [0, 0.05) is 36.3 Å². The number of nitrogens with zero attached hydrogens (tertiary/aromatic N) is 3. The predicted octanol–water partition coefficient (Wildman–Crippen LogP) is 3.11. The number of rotatable bonds is 6. The van der Waals surface area contributed by atoms with Crippen LogP contribution in [0.25, 0.3) is 11.3 Å². The van der Waals surface area contributed by atoms with Crippen LogP contribution in [-0.2, 0) is 6.42 Å². The molecule has 0 spiro atoms. The highest BCUT2D eigenvalue weighted by atomic mass is 16.5. The van der Waals surface area contributed by atoms with Gasteiger partial charge in [-0.3, -0.25) is 14.8 Å². The Kier molecular flexibility index (Phi) is 5.18. The van der Waals surface area contributed by atoms with E-state index < -0.39 is 0 Å². The van der Waals surface area contributed by atoms with Gasteiger partial charge in [-0.25, -0.2) is 0 Å². The van der Waals surface area contributed by atoms with Gasteiger partial charge in [-0.15, -0.1) is 0 Å². The number of carbonyl (C=O) groups is 1. The van der Waals surface area contributed by atoms with Gasteiger partial charge in [0.2, 0.25) is 0 Å². The molecule has 3 aromatic heterocycles. The molecule has 0 bridgehead atoms. The van der Waals surface area contributed by atoms with Crippen molar-refractivity contribution in [2.45, 2.75) is 26.7 Å². The van der Waals surface area contributed by atoms with Crippen molar-refractivity contribution < 1.29 is 9.32 Å². The molecule has 0 unspecified atom stereocenters. The quantitative estimate of drug-likeness (QED) is 0.700. The lowest BCUT2D eigenvalue weighted by atomic mass is 10.1. The van der Waals surface area contributed by atoms with Gasteiger partial charge in [0.1, 0.15) is 5.76 Å². The molecule has 0 saturated heterocycles. The van der Waals surface area contributed by atoms with Crippen molar-refractivity contribution in [3.8, 4) is 11.3 Å². The molecule has 0 aliphatic rings. The average molecular weight is 336 g/mol. The maximum absolute atomic E-state index is 12.2. The minimum atomic E-state index is -0.121. The predicted molar refractivity (Wildman–Crippen MR) is 94.1 cm³/mol. The first-order chi connectivity index (χ1) is 12.1. The average Bonchev–Trinajstić information content (AvgIpc) is 2.97. The van der Waals surface area contributed by atoms with Crippen molar-refractivity contribution in [2.24, 2.45) is 0 Å². The van der Waals surface area contributed by atoms with Crippen molar-refractivity contribution in [3.05, 3.63) is 65.4 Å². The fraction of sp³-hybridized carbons (Fsp3) is 0.263. The topological polar surface area (TPSA) is 80.9 Å². The van der Waals surface area contributed by atoms with Crippen molar-refractivity contribution in [1.29, 1.82) is 0 Å². The summed E-state index contributed by atoms with van der Waals surface area (Å²) >= 11 is 0. The van der Waals surface area contributed by atoms with Crippen LogP contribution in [0.3, 0.4) is 0 Å². The summed E-state index contributed by atoms with van der Waals surface area (Å²) in [5.74, 6) is 0.725. The number of carbonyl (C=O) groups excluding carboxylic acids is 1. The molecule has 3 rings (SSSR count). The zero-order chi connectivity index (χ0) is 17.6. The first-order valence-electron chi connectivity index (χ1n) is 8.21. The molecule has 25 heavy (non-hydrogen) atoms. The zero-order valence-corrected chi connectivity index (χ0v) is 14.3. The van der Waals surface area contributed by atoms with Crippen LogP contribution >= 0.6 is 0 Å². The smallest absolute Gasteiger partial charge is 0.252 e. The SMILES string of the molecule is Cc1noc(C)c1CCCNC(=O)c1ccc(-c2cccnc2)nc1. The van der Waals surface area contributed by atoms with E-state index in [0.717, 1.165) is 41.1 Å². The van der Waals surface area contributed by atoms with E-state index in [0.29, 0.717) is 12.1 Å². The molecular weight excluding hydrogens is 316 g/mol. The van der Waals surface area contributed by atoms with E-state index in [1.807, 2.05) is 32.0 Å². The van der Waals surface area contributed by atoms with E-state index in [2.05, 4.69) is 20.4 Å². The summed E-state index contributed by atoms with van der Waals surface area (Å²) in [4.78, 5) is 20.6. The second-order valence-corrected chi connectivity index (χ2v) is 5.84. The van der Waals surface area contributed by atoms with Crippen molar-refractivity contribution in [2.75, 3.05) is 6.54 Å². The minimum Gasteiger partial charge on any atom is -0.361 e. The largest absolute Gasteiger partial charge is 0.361 e. The monoisotopic (exact) mass is 336 g/mol. The molecule has 0 aromatic carbocycles. The first kappa shape index (κ1) is 16.8. The Labute approximate surface area is 146 Å². The van der Waals surface area contributed by atoms with Crippen LogP contribution in [0, 0.1) is 13.8 Å². The van der Waals surface area contributed by atoms with E-state index in [-0.39, 0.29) is 5.91 Å². The summed E-state index contributed by atoms with van der Waals surface area (Å²) < 4.78 is 5.14. The van der Waals surface area contributed by atoms with Crippen molar-refractivity contribution in [1.82, 2.24) is 20.4 Å². The second-order valence-electron chi connectivity index (χ2n) is 5.84. The third-order valence-electron chi connectivity index (χ3n) is 4.05. The Hall–Kier alpha value is -3.02. The molecule has 1 amide bonds. The molecule has 0 saturated carbocycles. The summed E-state index contributed by atoms with van der Waals surface area (Å²) in [6.07, 6.45) is 6.71. The van der Waals surface area contributed by atoms with Gasteiger partial charge >= 0.3 is 0 Å². The summed E-state index contributed by atoms with van der Waals surface area (Å²) in [6, 6.07) is 7.40. The molecule has 6 heteroatoms. The second kappa shape index (κ2) is 7.70. The molecule has 0 aliphatic carbocycles. The summed E-state index contributed by atoms with van der Waals surface area (Å²) in [5.41, 5.74) is 4.30. The molecule has 0 atom stereocenters. The molecule has 128 valence electrons. The number of pyridine rings is 2. The molecule has 0 aliphatic heterocycles. The van der Waals surface area contributed by atoms with Crippen LogP contribution in [0.2, 0.25) is 0 Å². The maximum Gasteiger partial charge on any atom is 0.252 e. The molecule has 3 heterocycles. The molecule has 6 nitrogen and oxygen atoms in total. The highest BCUT2D eigenvalue weighted by Crippen LogP contribution is 2.15. The summed E-state index contributed by atoms with van der Waals surface area (Å²) in [6.45, 7) is 4.43. The molecule has 3 aromatic rings. The standard InChI is InChI=1S/C19H20N4O2/c1-13-17(14(2)25-23-13)6-4-10-21-19(24)16-7-8-18(22-12-16)15-5-3-9-20-11-15/h3,5,7-9,11-12H,4,6,10H2,1-2H3,(H,21,24). The first-order valence-corrected chi connectivity index (χ1v) is 8.21. The number of aromatic nitrogens is 3. The molecule has 0 fully saturated rings. The van der Waals surface area contributed by atoms with E-state index in [4.69, 9.17) is 4.52 Å². The fourth-order valence-corrected chi connectivity index (χ4v) is 2.64. The van der Waals surface area contributed by atoms with Crippen molar-refractivity contribution in [3.63, 3.8) is 0 Å². The van der Waals surface area contributed by atoms with Gasteiger partial charge in [-0.05, 0) is 51.0 Å². The van der Waals surface area contributed by atoms with Crippen LogP contribution in [0.5, 0.6) is 0 Å². The van der Waals surface area contributed by atoms with Crippen LogP contribution in [-0.4, -0.2) is 27.6 Å². The van der Waals surface area contributed by atoms with Crippen LogP contribution in [0.1, 0.15) is 33.8 Å². The number of aryl methyl sites for hydroxylation is 2. The summed E-state index contributed by atoms with van der Waals surface area (Å²) in [7, 11) is 0. The van der Waals surface area contributed by atoms with Gasteiger partial charge in [0.25, 0.3) is 5.91 Å². The number of hydrogen-bond donors (Lipinski definition) is 1. The fourth-order valence-electron chi connectivity index (χ4n) is 2.64. The number of amides is 1. The molecule has 1 N–H and O–H groups in total. The lowest BCUT2D eigenvalue weighted by Crippen LogP contribution is -2.24. The Balaban J connectivity index is 1.51. The Morgan fingerprint density at radius 2 is 2.08 bits per heavy atom. The van der Waals surface area contributed by atoms with Crippen LogP contribution in [0.15, 0.2) is 47.4 Å². The van der Waals surface area contributed by atoms with E-state index in [1.165, 1.54) is 0 Å². The van der Waals surface area contributed by atoms with Gasteiger partial charge in [-0.2, -0.15) is 0 Å². The van der Waals surface area contributed by atoms with E-state index in [9.17, 15) is 4.79 Å². The number of hydrogen-bond acceptors (Lipinski definition) is 5. The maximum atomic E-state index is 12.2. The lowest BCUT2D eigenvalue weighted by molar-refractivity contribution is 0.0953. The highest BCUT2D eigenvalue weighted by Gasteiger charge is 2.10. The lowest BCUT2D eigenvalue weighted by Gasteiger charge is -2.06.